The predicted molar refractivity (Wildman–Crippen MR) is 91.8 cm³/mol. The maximum Gasteiger partial charge on any atom is 0.230 e. The fourth-order valence-corrected chi connectivity index (χ4v) is 3.22. The standard InChI is InChI=1S/C18H17ClN2O3/c1-21-16(23)10-13(17(21)11-5-3-2-4-6-11)18(24)20-14-9-12(19)7-8-15(14)22/h2-9,13,17,22H,10H2,1H3,(H,20,24)/t13-,17-/m1/s1. The number of anilines is 1. The van der Waals surface area contributed by atoms with Gasteiger partial charge in [0.05, 0.1) is 17.6 Å². The lowest BCUT2D eigenvalue weighted by Crippen LogP contribution is -2.30. The molecule has 0 unspecified atom stereocenters. The van der Waals surface area contributed by atoms with Crippen LogP contribution in [0.2, 0.25) is 5.02 Å². The van der Waals surface area contributed by atoms with E-state index >= 15 is 0 Å². The summed E-state index contributed by atoms with van der Waals surface area (Å²) in [5, 5.41) is 12.9. The van der Waals surface area contributed by atoms with E-state index in [-0.39, 0.29) is 35.7 Å². The molecule has 2 atom stereocenters. The smallest absolute Gasteiger partial charge is 0.230 e. The van der Waals surface area contributed by atoms with Crippen LogP contribution < -0.4 is 5.32 Å². The summed E-state index contributed by atoms with van der Waals surface area (Å²) in [7, 11) is 1.70. The molecule has 0 aromatic heterocycles. The highest BCUT2D eigenvalue weighted by Gasteiger charge is 2.42. The SMILES string of the molecule is CN1C(=O)C[C@@H](C(=O)Nc2cc(Cl)ccc2O)[C@H]1c1ccccc1. The fourth-order valence-electron chi connectivity index (χ4n) is 3.04. The minimum atomic E-state index is -0.539. The maximum atomic E-state index is 12.7. The summed E-state index contributed by atoms with van der Waals surface area (Å²) in [6.07, 6.45) is 0.128. The zero-order valence-corrected chi connectivity index (χ0v) is 13.8. The first-order chi connectivity index (χ1) is 11.5. The molecular weight excluding hydrogens is 328 g/mol. The van der Waals surface area contributed by atoms with Crippen LogP contribution in [0.4, 0.5) is 5.69 Å². The molecule has 0 aliphatic carbocycles. The number of halogens is 1. The molecule has 1 heterocycles. The number of benzene rings is 2. The maximum absolute atomic E-state index is 12.7. The molecule has 6 heteroatoms. The van der Waals surface area contributed by atoms with E-state index in [9.17, 15) is 14.7 Å². The lowest BCUT2D eigenvalue weighted by Gasteiger charge is -2.25. The van der Waals surface area contributed by atoms with E-state index in [2.05, 4.69) is 5.32 Å². The summed E-state index contributed by atoms with van der Waals surface area (Å²) < 4.78 is 0. The van der Waals surface area contributed by atoms with Crippen LogP contribution in [-0.4, -0.2) is 28.9 Å². The molecule has 24 heavy (non-hydrogen) atoms. The number of amides is 2. The fraction of sp³-hybridized carbons (Fsp3) is 0.222. The number of phenols is 1. The number of nitrogens with one attached hydrogen (secondary N) is 1. The van der Waals surface area contributed by atoms with Gasteiger partial charge in [-0.2, -0.15) is 0 Å². The molecular formula is C18H17ClN2O3. The van der Waals surface area contributed by atoms with Gasteiger partial charge < -0.3 is 15.3 Å². The van der Waals surface area contributed by atoms with Crippen molar-refractivity contribution in [3.05, 3.63) is 59.1 Å². The summed E-state index contributed by atoms with van der Waals surface area (Å²) in [5.41, 5.74) is 1.14. The largest absolute Gasteiger partial charge is 0.506 e. The lowest BCUT2D eigenvalue weighted by molar-refractivity contribution is -0.127. The molecule has 0 bridgehead atoms. The highest BCUT2D eigenvalue weighted by Crippen LogP contribution is 2.38. The first-order valence-corrected chi connectivity index (χ1v) is 7.95. The van der Waals surface area contributed by atoms with Gasteiger partial charge in [-0.3, -0.25) is 9.59 Å². The van der Waals surface area contributed by atoms with Crippen molar-refractivity contribution in [2.24, 2.45) is 5.92 Å². The third-order valence-corrected chi connectivity index (χ3v) is 4.52. The van der Waals surface area contributed by atoms with Crippen LogP contribution >= 0.6 is 11.6 Å². The van der Waals surface area contributed by atoms with E-state index in [0.29, 0.717) is 5.02 Å². The Morgan fingerprint density at radius 3 is 2.67 bits per heavy atom. The first kappa shape index (κ1) is 16.3. The number of rotatable bonds is 3. The predicted octanol–water partition coefficient (Wildman–Crippen LogP) is 3.20. The van der Waals surface area contributed by atoms with Crippen molar-refractivity contribution in [1.29, 1.82) is 0 Å². The van der Waals surface area contributed by atoms with E-state index in [0.717, 1.165) is 5.56 Å². The second kappa shape index (κ2) is 6.53. The minimum Gasteiger partial charge on any atom is -0.506 e. The number of phenolic OH excluding ortho intramolecular Hbond substituents is 1. The van der Waals surface area contributed by atoms with Crippen molar-refractivity contribution >= 4 is 29.1 Å². The molecule has 2 aromatic rings. The molecule has 5 nitrogen and oxygen atoms in total. The second-order valence-electron chi connectivity index (χ2n) is 5.82. The molecule has 0 spiro atoms. The quantitative estimate of drug-likeness (QED) is 0.840. The van der Waals surface area contributed by atoms with Gasteiger partial charge in [0.15, 0.2) is 0 Å². The van der Waals surface area contributed by atoms with Gasteiger partial charge in [-0.1, -0.05) is 41.9 Å². The molecule has 1 aliphatic rings. The Morgan fingerprint density at radius 2 is 1.96 bits per heavy atom. The average Bonchev–Trinajstić information content (AvgIpc) is 2.87. The molecule has 1 aliphatic heterocycles. The molecule has 2 N–H and O–H groups in total. The van der Waals surface area contributed by atoms with Crippen molar-refractivity contribution < 1.29 is 14.7 Å². The van der Waals surface area contributed by atoms with Crippen LogP contribution in [0.5, 0.6) is 5.75 Å². The second-order valence-corrected chi connectivity index (χ2v) is 6.26. The third kappa shape index (κ3) is 3.08. The Kier molecular flexibility index (Phi) is 4.44. The summed E-state index contributed by atoms with van der Waals surface area (Å²) in [5.74, 6) is -1.01. The van der Waals surface area contributed by atoms with E-state index in [4.69, 9.17) is 11.6 Å². The van der Waals surface area contributed by atoms with E-state index < -0.39 is 5.92 Å². The monoisotopic (exact) mass is 344 g/mol. The number of carbonyl (C=O) groups is 2. The van der Waals surface area contributed by atoms with E-state index in [1.807, 2.05) is 30.3 Å². The van der Waals surface area contributed by atoms with Crippen LogP contribution in [0.15, 0.2) is 48.5 Å². The third-order valence-electron chi connectivity index (χ3n) is 4.28. The Balaban J connectivity index is 1.87. The molecule has 124 valence electrons. The van der Waals surface area contributed by atoms with Gasteiger partial charge in [0.1, 0.15) is 5.75 Å². The average molecular weight is 345 g/mol. The Hall–Kier alpha value is -2.53. The zero-order valence-electron chi connectivity index (χ0n) is 13.1. The molecule has 0 radical (unpaired) electrons. The Bertz CT molecular complexity index is 779. The molecule has 1 saturated heterocycles. The van der Waals surface area contributed by atoms with Gasteiger partial charge in [-0.25, -0.2) is 0 Å². The topological polar surface area (TPSA) is 69.6 Å². The number of hydrogen-bond acceptors (Lipinski definition) is 3. The van der Waals surface area contributed by atoms with Gasteiger partial charge >= 0.3 is 0 Å². The molecule has 3 rings (SSSR count). The number of aromatic hydroxyl groups is 1. The van der Waals surface area contributed by atoms with Crippen LogP contribution in [-0.2, 0) is 9.59 Å². The van der Waals surface area contributed by atoms with E-state index in [1.165, 1.54) is 18.2 Å². The number of hydrogen-bond donors (Lipinski definition) is 2. The number of nitrogens with zero attached hydrogens (tertiary/aromatic N) is 1. The normalized spacial score (nSPS) is 20.2. The van der Waals surface area contributed by atoms with Gasteiger partial charge in [0.25, 0.3) is 0 Å². The van der Waals surface area contributed by atoms with E-state index in [1.54, 1.807) is 11.9 Å². The summed E-state index contributed by atoms with van der Waals surface area (Å²) >= 11 is 5.91. The van der Waals surface area contributed by atoms with Crippen molar-refractivity contribution in [1.82, 2.24) is 4.90 Å². The van der Waals surface area contributed by atoms with Gasteiger partial charge in [-0.15, -0.1) is 0 Å². The highest BCUT2D eigenvalue weighted by molar-refractivity contribution is 6.31. The van der Waals surface area contributed by atoms with Gasteiger partial charge in [0, 0.05) is 18.5 Å². The molecule has 0 saturated carbocycles. The number of likely N-dealkylation sites (tertiary alicyclic amines) is 1. The van der Waals surface area contributed by atoms with Crippen LogP contribution in [0.25, 0.3) is 0 Å². The van der Waals surface area contributed by atoms with Crippen molar-refractivity contribution in [3.63, 3.8) is 0 Å². The molecule has 2 aromatic carbocycles. The van der Waals surface area contributed by atoms with Gasteiger partial charge in [0.2, 0.25) is 11.8 Å². The van der Waals surface area contributed by atoms with Crippen LogP contribution in [0, 0.1) is 5.92 Å². The first-order valence-electron chi connectivity index (χ1n) is 7.57. The molecule has 1 fully saturated rings. The highest BCUT2D eigenvalue weighted by atomic mass is 35.5. The summed E-state index contributed by atoms with van der Waals surface area (Å²) in [4.78, 5) is 26.4. The van der Waals surface area contributed by atoms with Crippen LogP contribution in [0.3, 0.4) is 0 Å². The van der Waals surface area contributed by atoms with Crippen molar-refractivity contribution in [3.8, 4) is 5.75 Å². The number of carbonyl (C=O) groups excluding carboxylic acids is 2. The summed E-state index contributed by atoms with van der Waals surface area (Å²) in [6.45, 7) is 0. The Morgan fingerprint density at radius 1 is 1.25 bits per heavy atom. The zero-order chi connectivity index (χ0) is 17.3. The van der Waals surface area contributed by atoms with Crippen LogP contribution in [0.1, 0.15) is 18.0 Å². The Labute approximate surface area is 144 Å². The van der Waals surface area contributed by atoms with Gasteiger partial charge in [-0.05, 0) is 23.8 Å². The van der Waals surface area contributed by atoms with Crippen molar-refractivity contribution in [2.75, 3.05) is 12.4 Å². The minimum absolute atomic E-state index is 0.0679. The summed E-state index contributed by atoms with van der Waals surface area (Å²) in [6, 6.07) is 13.5. The van der Waals surface area contributed by atoms with Crippen molar-refractivity contribution in [2.45, 2.75) is 12.5 Å². The molecule has 2 amide bonds. The lowest BCUT2D eigenvalue weighted by atomic mass is 9.93.